The number of halogens is 3. The first-order valence-corrected chi connectivity index (χ1v) is 3.84. The Morgan fingerprint density at radius 1 is 1.46 bits per heavy atom. The van der Waals surface area contributed by atoms with E-state index in [1.54, 1.807) is 0 Å². The van der Waals surface area contributed by atoms with Crippen molar-refractivity contribution < 1.29 is 13.2 Å². The lowest BCUT2D eigenvalue weighted by atomic mass is 10.0. The molecule has 2 rings (SSSR count). The molecule has 1 saturated carbocycles. The Kier molecular flexibility index (Phi) is 1.41. The molecule has 1 aromatic heterocycles. The van der Waals surface area contributed by atoms with E-state index in [0.29, 0.717) is 0 Å². The van der Waals surface area contributed by atoms with Crippen LogP contribution in [0.1, 0.15) is 18.5 Å². The van der Waals surface area contributed by atoms with Crippen molar-refractivity contribution in [3.8, 4) is 0 Å². The molecule has 1 fully saturated rings. The minimum Gasteiger partial charge on any atom is -0.382 e. The first kappa shape index (κ1) is 8.40. The normalized spacial score (nSPS) is 20.2. The fourth-order valence-corrected chi connectivity index (χ4v) is 1.41. The highest BCUT2D eigenvalue weighted by Gasteiger charge is 2.65. The first-order valence-electron chi connectivity index (χ1n) is 3.84. The molecule has 1 aliphatic carbocycles. The van der Waals surface area contributed by atoms with E-state index in [9.17, 15) is 13.2 Å². The first-order chi connectivity index (χ1) is 5.96. The summed E-state index contributed by atoms with van der Waals surface area (Å²) in [6, 6.07) is 1.25. The van der Waals surface area contributed by atoms with Gasteiger partial charge in [-0.1, -0.05) is 0 Å². The van der Waals surface area contributed by atoms with Crippen LogP contribution in [0, 0.1) is 0 Å². The van der Waals surface area contributed by atoms with E-state index in [0.717, 1.165) is 0 Å². The maximum Gasteiger partial charge on any atom is 0.399 e. The van der Waals surface area contributed by atoms with Crippen molar-refractivity contribution in [3.63, 3.8) is 0 Å². The van der Waals surface area contributed by atoms with Crippen molar-refractivity contribution in [2.75, 3.05) is 5.73 Å². The zero-order valence-electron chi connectivity index (χ0n) is 6.65. The van der Waals surface area contributed by atoms with Gasteiger partial charge in [0.2, 0.25) is 0 Å². The Hall–Kier alpha value is -1.20. The van der Waals surface area contributed by atoms with Crippen molar-refractivity contribution in [1.29, 1.82) is 0 Å². The Bertz CT molecular complexity index is 324. The summed E-state index contributed by atoms with van der Waals surface area (Å²) < 4.78 is 37.5. The van der Waals surface area contributed by atoms with E-state index in [-0.39, 0.29) is 24.4 Å². The molecule has 72 valence electrons. The van der Waals surface area contributed by atoms with Crippen LogP contribution >= 0.6 is 0 Å². The van der Waals surface area contributed by atoms with Crippen molar-refractivity contribution in [2.45, 2.75) is 24.4 Å². The average Bonchev–Trinajstić information content (AvgIpc) is 2.70. The molecule has 0 bridgehead atoms. The van der Waals surface area contributed by atoms with Gasteiger partial charge in [0, 0.05) is 6.07 Å². The third-order valence-electron chi connectivity index (χ3n) is 2.41. The van der Waals surface area contributed by atoms with Crippen LogP contribution in [-0.4, -0.2) is 16.4 Å². The largest absolute Gasteiger partial charge is 0.399 e. The van der Waals surface area contributed by atoms with Crippen LogP contribution in [0.2, 0.25) is 0 Å². The number of hydrogen-bond donors (Lipinski definition) is 2. The van der Waals surface area contributed by atoms with E-state index in [1.165, 1.54) is 6.07 Å². The molecule has 0 saturated heterocycles. The Labute approximate surface area is 72.1 Å². The van der Waals surface area contributed by atoms with Crippen LogP contribution in [0.4, 0.5) is 19.0 Å². The number of aromatic amines is 1. The van der Waals surface area contributed by atoms with Crippen LogP contribution in [0.15, 0.2) is 6.07 Å². The van der Waals surface area contributed by atoms with Gasteiger partial charge in [0.15, 0.2) is 0 Å². The lowest BCUT2D eigenvalue weighted by molar-refractivity contribution is -0.161. The SMILES string of the molecule is Nc1cc(C2(C(F)(F)F)CC2)[nH]n1. The summed E-state index contributed by atoms with van der Waals surface area (Å²) in [6.45, 7) is 0. The van der Waals surface area contributed by atoms with Crippen molar-refractivity contribution >= 4 is 5.82 Å². The van der Waals surface area contributed by atoms with Gasteiger partial charge in [-0.25, -0.2) is 0 Å². The molecule has 3 N–H and O–H groups in total. The molecule has 0 aromatic carbocycles. The summed E-state index contributed by atoms with van der Waals surface area (Å²) in [5.41, 5.74) is 3.62. The average molecular weight is 191 g/mol. The van der Waals surface area contributed by atoms with Gasteiger partial charge in [-0.15, -0.1) is 0 Å². The quantitative estimate of drug-likeness (QED) is 0.708. The van der Waals surface area contributed by atoms with E-state index >= 15 is 0 Å². The number of aromatic nitrogens is 2. The number of alkyl halides is 3. The summed E-state index contributed by atoms with van der Waals surface area (Å²) >= 11 is 0. The molecule has 0 spiro atoms. The van der Waals surface area contributed by atoms with Gasteiger partial charge in [-0.05, 0) is 12.8 Å². The zero-order valence-corrected chi connectivity index (χ0v) is 6.65. The minimum absolute atomic E-state index is 0.0810. The fraction of sp³-hybridized carbons (Fsp3) is 0.571. The Balaban J connectivity index is 2.36. The lowest BCUT2D eigenvalue weighted by Gasteiger charge is -2.16. The molecule has 0 aliphatic heterocycles. The number of nitrogens with two attached hydrogens (primary N) is 1. The Morgan fingerprint density at radius 3 is 2.38 bits per heavy atom. The highest BCUT2D eigenvalue weighted by atomic mass is 19.4. The monoisotopic (exact) mass is 191 g/mol. The van der Waals surface area contributed by atoms with Gasteiger partial charge < -0.3 is 5.73 Å². The predicted molar refractivity (Wildman–Crippen MR) is 40.0 cm³/mol. The number of nitrogen functional groups attached to an aromatic ring is 1. The second kappa shape index (κ2) is 2.18. The molecule has 0 amide bonds. The van der Waals surface area contributed by atoms with E-state index in [2.05, 4.69) is 10.2 Å². The van der Waals surface area contributed by atoms with Gasteiger partial charge in [-0.2, -0.15) is 18.3 Å². The minimum atomic E-state index is -4.20. The molecular weight excluding hydrogens is 183 g/mol. The van der Waals surface area contributed by atoms with Gasteiger partial charge in [0.25, 0.3) is 0 Å². The molecule has 0 atom stereocenters. The number of rotatable bonds is 1. The number of hydrogen-bond acceptors (Lipinski definition) is 2. The number of H-pyrrole nitrogens is 1. The van der Waals surface area contributed by atoms with Crippen molar-refractivity contribution in [1.82, 2.24) is 10.2 Å². The van der Waals surface area contributed by atoms with Crippen LogP contribution in [0.25, 0.3) is 0 Å². The highest BCUT2D eigenvalue weighted by molar-refractivity contribution is 5.37. The molecular formula is C7H8F3N3. The number of nitrogens with one attached hydrogen (secondary N) is 1. The van der Waals surface area contributed by atoms with Gasteiger partial charge in [0.05, 0.1) is 5.69 Å². The van der Waals surface area contributed by atoms with Gasteiger partial charge >= 0.3 is 6.18 Å². The summed E-state index contributed by atoms with van der Waals surface area (Å²) in [7, 11) is 0. The van der Waals surface area contributed by atoms with Crippen LogP contribution < -0.4 is 5.73 Å². The van der Waals surface area contributed by atoms with Gasteiger partial charge in [0.1, 0.15) is 11.2 Å². The van der Waals surface area contributed by atoms with Crippen LogP contribution in [-0.2, 0) is 5.41 Å². The number of nitrogens with zero attached hydrogens (tertiary/aromatic N) is 1. The predicted octanol–water partition coefficient (Wildman–Crippen LogP) is 1.59. The molecule has 1 aromatic rings. The summed E-state index contributed by atoms with van der Waals surface area (Å²) in [4.78, 5) is 0. The second-order valence-corrected chi connectivity index (χ2v) is 3.29. The van der Waals surface area contributed by atoms with Crippen LogP contribution in [0.5, 0.6) is 0 Å². The maximum absolute atomic E-state index is 12.5. The van der Waals surface area contributed by atoms with Crippen LogP contribution in [0.3, 0.4) is 0 Å². The highest BCUT2D eigenvalue weighted by Crippen LogP contribution is 2.58. The summed E-state index contributed by atoms with van der Waals surface area (Å²) in [6.07, 6.45) is -3.96. The summed E-state index contributed by atoms with van der Waals surface area (Å²) in [5, 5.41) is 5.81. The molecule has 1 aliphatic rings. The molecule has 6 heteroatoms. The molecule has 0 unspecified atom stereocenters. The van der Waals surface area contributed by atoms with Crippen molar-refractivity contribution in [2.24, 2.45) is 0 Å². The third kappa shape index (κ3) is 1.08. The smallest absolute Gasteiger partial charge is 0.382 e. The fourth-order valence-electron chi connectivity index (χ4n) is 1.41. The zero-order chi connectivity index (χ0) is 9.69. The topological polar surface area (TPSA) is 54.7 Å². The van der Waals surface area contributed by atoms with E-state index in [4.69, 9.17) is 5.73 Å². The molecule has 1 heterocycles. The maximum atomic E-state index is 12.5. The third-order valence-corrected chi connectivity index (χ3v) is 2.41. The van der Waals surface area contributed by atoms with E-state index in [1.807, 2.05) is 0 Å². The summed E-state index contributed by atoms with van der Waals surface area (Å²) in [5.74, 6) is 0.102. The standard InChI is InChI=1S/C7H8F3N3/c8-7(9,10)6(1-2-6)4-3-5(11)13-12-4/h3H,1-2H2,(H3,11,12,13). The Morgan fingerprint density at radius 2 is 2.08 bits per heavy atom. The number of anilines is 1. The molecule has 3 nitrogen and oxygen atoms in total. The second-order valence-electron chi connectivity index (χ2n) is 3.29. The molecule has 13 heavy (non-hydrogen) atoms. The van der Waals surface area contributed by atoms with E-state index < -0.39 is 11.6 Å². The van der Waals surface area contributed by atoms with Crippen molar-refractivity contribution in [3.05, 3.63) is 11.8 Å². The van der Waals surface area contributed by atoms with Gasteiger partial charge in [-0.3, -0.25) is 5.10 Å². The lowest BCUT2D eigenvalue weighted by Crippen LogP contribution is -2.28. The molecule has 0 radical (unpaired) electrons.